The fourth-order valence-electron chi connectivity index (χ4n) is 5.95. The molecular formula is C37H75NO4. The third-order valence-corrected chi connectivity index (χ3v) is 8.98. The van der Waals surface area contributed by atoms with Gasteiger partial charge >= 0.3 is 0 Å². The van der Waals surface area contributed by atoms with Crippen LogP contribution >= 0.6 is 0 Å². The lowest BCUT2D eigenvalue weighted by atomic mass is 10.0. The molecule has 3 atom stereocenters. The van der Waals surface area contributed by atoms with Crippen LogP contribution in [0.1, 0.15) is 206 Å². The van der Waals surface area contributed by atoms with Crippen molar-refractivity contribution < 1.29 is 20.1 Å². The fraction of sp³-hybridized carbons (Fsp3) is 0.973. The second kappa shape index (κ2) is 33.2. The summed E-state index contributed by atoms with van der Waals surface area (Å²) >= 11 is 0. The maximum Gasteiger partial charge on any atom is 0.249 e. The van der Waals surface area contributed by atoms with Gasteiger partial charge in [0.15, 0.2) is 0 Å². The van der Waals surface area contributed by atoms with Gasteiger partial charge in [-0.1, -0.05) is 194 Å². The van der Waals surface area contributed by atoms with E-state index in [-0.39, 0.29) is 6.61 Å². The third kappa shape index (κ3) is 28.1. The molecule has 42 heavy (non-hydrogen) atoms. The van der Waals surface area contributed by atoms with E-state index < -0.39 is 24.2 Å². The summed E-state index contributed by atoms with van der Waals surface area (Å²) in [5, 5.41) is 33.1. The van der Waals surface area contributed by atoms with Crippen LogP contribution in [0.2, 0.25) is 0 Å². The van der Waals surface area contributed by atoms with E-state index in [1.54, 1.807) is 0 Å². The standard InChI is InChI=1S/C37H75NO4/c1-3-5-7-9-11-13-15-17-18-19-20-22-23-25-27-29-31-35(40)34(33-39)38-37(42)36(41)32-30-28-26-24-21-16-14-12-10-8-6-4-2/h34-36,39-41H,3-33H2,1-2H3,(H,38,42). The van der Waals surface area contributed by atoms with Gasteiger partial charge in [-0.3, -0.25) is 4.79 Å². The molecule has 0 aliphatic heterocycles. The quantitative estimate of drug-likeness (QED) is 0.0556. The van der Waals surface area contributed by atoms with E-state index in [1.165, 1.54) is 148 Å². The van der Waals surface area contributed by atoms with Crippen LogP contribution in [0.5, 0.6) is 0 Å². The maximum absolute atomic E-state index is 12.4. The van der Waals surface area contributed by atoms with Crippen molar-refractivity contribution in [1.82, 2.24) is 5.32 Å². The van der Waals surface area contributed by atoms with Crippen LogP contribution in [-0.4, -0.2) is 46.1 Å². The number of carbonyl (C=O) groups excluding carboxylic acids is 1. The van der Waals surface area contributed by atoms with E-state index in [0.717, 1.165) is 32.1 Å². The monoisotopic (exact) mass is 598 g/mol. The molecule has 0 aliphatic carbocycles. The fourth-order valence-corrected chi connectivity index (χ4v) is 5.95. The molecule has 5 heteroatoms. The highest BCUT2D eigenvalue weighted by molar-refractivity contribution is 5.80. The molecule has 0 spiro atoms. The predicted octanol–water partition coefficient (Wildman–Crippen LogP) is 9.93. The first-order valence-corrected chi connectivity index (χ1v) is 18.8. The minimum absolute atomic E-state index is 0.308. The number of unbranched alkanes of at least 4 members (excludes halogenated alkanes) is 26. The van der Waals surface area contributed by atoms with E-state index in [2.05, 4.69) is 19.2 Å². The van der Waals surface area contributed by atoms with E-state index in [1.807, 2.05) is 0 Å². The number of hydrogen-bond donors (Lipinski definition) is 4. The zero-order valence-electron chi connectivity index (χ0n) is 28.4. The zero-order chi connectivity index (χ0) is 30.9. The number of hydrogen-bond acceptors (Lipinski definition) is 4. The first-order chi connectivity index (χ1) is 20.6. The smallest absolute Gasteiger partial charge is 0.249 e. The Labute approximate surface area is 262 Å². The van der Waals surface area contributed by atoms with E-state index in [0.29, 0.717) is 12.8 Å². The highest BCUT2D eigenvalue weighted by Crippen LogP contribution is 2.16. The van der Waals surface area contributed by atoms with Crippen molar-refractivity contribution in [2.75, 3.05) is 6.61 Å². The largest absolute Gasteiger partial charge is 0.394 e. The number of rotatable bonds is 34. The second-order valence-corrected chi connectivity index (χ2v) is 13.2. The highest BCUT2D eigenvalue weighted by Gasteiger charge is 2.23. The number of carbonyl (C=O) groups is 1. The molecule has 0 rings (SSSR count). The Morgan fingerprint density at radius 2 is 0.762 bits per heavy atom. The molecule has 0 radical (unpaired) electrons. The second-order valence-electron chi connectivity index (χ2n) is 13.2. The van der Waals surface area contributed by atoms with Crippen LogP contribution in [0, 0.1) is 0 Å². The molecule has 0 aromatic rings. The molecule has 0 saturated carbocycles. The molecule has 0 aromatic heterocycles. The summed E-state index contributed by atoms with van der Waals surface area (Å²) in [6.45, 7) is 4.22. The Hall–Kier alpha value is -0.650. The van der Waals surface area contributed by atoms with Gasteiger partial charge in [0, 0.05) is 0 Å². The van der Waals surface area contributed by atoms with E-state index >= 15 is 0 Å². The van der Waals surface area contributed by atoms with Crippen molar-refractivity contribution in [3.8, 4) is 0 Å². The normalized spacial score (nSPS) is 13.7. The summed E-state index contributed by atoms with van der Waals surface area (Å²) in [7, 11) is 0. The van der Waals surface area contributed by atoms with Crippen molar-refractivity contribution >= 4 is 5.91 Å². The molecule has 3 unspecified atom stereocenters. The van der Waals surface area contributed by atoms with Gasteiger partial charge < -0.3 is 20.6 Å². The first kappa shape index (κ1) is 41.4. The van der Waals surface area contributed by atoms with Gasteiger partial charge in [-0.25, -0.2) is 0 Å². The topological polar surface area (TPSA) is 89.8 Å². The average molecular weight is 598 g/mol. The van der Waals surface area contributed by atoms with Gasteiger partial charge in [0.05, 0.1) is 18.8 Å². The number of nitrogens with one attached hydrogen (secondary N) is 1. The Balaban J connectivity index is 3.64. The maximum atomic E-state index is 12.4. The summed E-state index contributed by atoms with van der Waals surface area (Å²) in [5.74, 6) is -0.469. The molecule has 0 bridgehead atoms. The lowest BCUT2D eigenvalue weighted by Crippen LogP contribution is -2.49. The average Bonchev–Trinajstić information content (AvgIpc) is 2.99. The van der Waals surface area contributed by atoms with Gasteiger partial charge in [0.2, 0.25) is 5.91 Å². The van der Waals surface area contributed by atoms with Crippen molar-refractivity contribution in [1.29, 1.82) is 0 Å². The van der Waals surface area contributed by atoms with Crippen LogP contribution in [0.15, 0.2) is 0 Å². The summed E-state index contributed by atoms with van der Waals surface area (Å²) in [5.41, 5.74) is 0. The van der Waals surface area contributed by atoms with Gasteiger partial charge in [-0.2, -0.15) is 0 Å². The van der Waals surface area contributed by atoms with Crippen LogP contribution in [0.4, 0.5) is 0 Å². The Bertz CT molecular complexity index is 544. The van der Waals surface area contributed by atoms with Crippen LogP contribution in [0.3, 0.4) is 0 Å². The van der Waals surface area contributed by atoms with Gasteiger partial charge in [0.25, 0.3) is 0 Å². The molecule has 0 aromatic carbocycles. The Morgan fingerprint density at radius 1 is 0.476 bits per heavy atom. The number of aliphatic hydroxyl groups excluding tert-OH is 3. The van der Waals surface area contributed by atoms with Gasteiger partial charge in [0.1, 0.15) is 6.10 Å². The number of aliphatic hydroxyl groups is 3. The van der Waals surface area contributed by atoms with Crippen LogP contribution in [0.25, 0.3) is 0 Å². The molecule has 4 N–H and O–H groups in total. The summed E-state index contributed by atoms with van der Waals surface area (Å²) in [6.07, 6.45) is 35.1. The lowest BCUT2D eigenvalue weighted by molar-refractivity contribution is -0.131. The zero-order valence-corrected chi connectivity index (χ0v) is 28.4. The molecule has 0 saturated heterocycles. The molecule has 5 nitrogen and oxygen atoms in total. The third-order valence-electron chi connectivity index (χ3n) is 8.98. The summed E-state index contributed by atoms with van der Waals surface area (Å²) < 4.78 is 0. The van der Waals surface area contributed by atoms with Crippen LogP contribution < -0.4 is 5.32 Å². The minimum atomic E-state index is -1.06. The van der Waals surface area contributed by atoms with Gasteiger partial charge in [-0.15, -0.1) is 0 Å². The molecule has 0 aliphatic rings. The molecule has 1 amide bonds. The van der Waals surface area contributed by atoms with Crippen molar-refractivity contribution in [2.24, 2.45) is 0 Å². The first-order valence-electron chi connectivity index (χ1n) is 18.8. The van der Waals surface area contributed by atoms with E-state index in [4.69, 9.17) is 0 Å². The van der Waals surface area contributed by atoms with Crippen molar-refractivity contribution in [3.63, 3.8) is 0 Å². The highest BCUT2D eigenvalue weighted by atomic mass is 16.3. The SMILES string of the molecule is CCCCCCCCCCCCCCCCCCC(O)C(CO)NC(=O)C(O)CCCCCCCCCCCCCC. The summed E-state index contributed by atoms with van der Waals surface area (Å²) in [4.78, 5) is 12.4. The molecule has 252 valence electrons. The Kier molecular flexibility index (Phi) is 32.7. The van der Waals surface area contributed by atoms with E-state index in [9.17, 15) is 20.1 Å². The molecular weight excluding hydrogens is 522 g/mol. The Morgan fingerprint density at radius 3 is 1.07 bits per heavy atom. The molecule has 0 fully saturated rings. The number of amides is 1. The lowest BCUT2D eigenvalue weighted by Gasteiger charge is -2.23. The van der Waals surface area contributed by atoms with Crippen molar-refractivity contribution in [2.45, 2.75) is 225 Å². The summed E-state index contributed by atoms with van der Waals surface area (Å²) in [6, 6.07) is -0.703. The molecule has 0 heterocycles. The minimum Gasteiger partial charge on any atom is -0.394 e. The van der Waals surface area contributed by atoms with Gasteiger partial charge in [-0.05, 0) is 12.8 Å². The van der Waals surface area contributed by atoms with Crippen molar-refractivity contribution in [3.05, 3.63) is 0 Å². The van der Waals surface area contributed by atoms with Crippen LogP contribution in [-0.2, 0) is 4.79 Å². The predicted molar refractivity (Wildman–Crippen MR) is 181 cm³/mol.